The first-order valence-electron chi connectivity index (χ1n) is 6.50. The number of carboxylic acid groups (broad SMARTS) is 1. The number of halogens is 2. The summed E-state index contributed by atoms with van der Waals surface area (Å²) in [5, 5.41) is 11.7. The maximum absolute atomic E-state index is 13.7. The van der Waals surface area contributed by atoms with Crippen molar-refractivity contribution in [3.8, 4) is 0 Å². The van der Waals surface area contributed by atoms with E-state index < -0.39 is 23.2 Å². The van der Waals surface area contributed by atoms with Crippen LogP contribution in [0.4, 0.5) is 14.5 Å². The number of rotatable bonds is 5. The largest absolute Gasteiger partial charge is 0.478 e. The normalized spacial score (nSPS) is 12.0. The Morgan fingerprint density at radius 1 is 1.19 bits per heavy atom. The van der Waals surface area contributed by atoms with Crippen molar-refractivity contribution in [2.45, 2.75) is 12.8 Å². The summed E-state index contributed by atoms with van der Waals surface area (Å²) in [7, 11) is 0. The van der Waals surface area contributed by atoms with Gasteiger partial charge in [-0.3, -0.25) is 0 Å². The first-order chi connectivity index (χ1) is 9.99. The van der Waals surface area contributed by atoms with Gasteiger partial charge < -0.3 is 10.4 Å². The second-order valence-electron chi connectivity index (χ2n) is 4.81. The fraction of sp³-hybridized carbons (Fsp3) is 0.188. The molecule has 0 spiro atoms. The molecular weight excluding hydrogens is 276 g/mol. The van der Waals surface area contributed by atoms with Crippen LogP contribution in [0.2, 0.25) is 0 Å². The molecule has 1 unspecified atom stereocenters. The second-order valence-corrected chi connectivity index (χ2v) is 4.81. The molecule has 0 heterocycles. The second kappa shape index (κ2) is 6.35. The standard InChI is InChI=1S/C16H15F2NO2/c1-10(11-5-3-2-4-6-11)9-19-15-7-12(16(20)21)13(17)8-14(15)18/h2-8,10,19H,9H2,1H3,(H,20,21). The van der Waals surface area contributed by atoms with Crippen LogP contribution < -0.4 is 5.32 Å². The first-order valence-corrected chi connectivity index (χ1v) is 6.50. The third kappa shape index (κ3) is 3.56. The van der Waals surface area contributed by atoms with Crippen LogP contribution in [0.25, 0.3) is 0 Å². The highest BCUT2D eigenvalue weighted by atomic mass is 19.1. The van der Waals surface area contributed by atoms with E-state index in [0.717, 1.165) is 11.6 Å². The molecule has 0 amide bonds. The van der Waals surface area contributed by atoms with E-state index in [2.05, 4.69) is 5.32 Å². The van der Waals surface area contributed by atoms with Gasteiger partial charge in [-0.1, -0.05) is 37.3 Å². The minimum absolute atomic E-state index is 0.0171. The third-order valence-electron chi connectivity index (χ3n) is 3.25. The molecule has 0 saturated carbocycles. The van der Waals surface area contributed by atoms with E-state index in [1.807, 2.05) is 37.3 Å². The van der Waals surface area contributed by atoms with E-state index >= 15 is 0 Å². The van der Waals surface area contributed by atoms with E-state index in [-0.39, 0.29) is 11.6 Å². The van der Waals surface area contributed by atoms with E-state index in [0.29, 0.717) is 12.6 Å². The predicted octanol–water partition coefficient (Wildman–Crippen LogP) is 3.88. The van der Waals surface area contributed by atoms with Crippen molar-refractivity contribution in [2.75, 3.05) is 11.9 Å². The highest BCUT2D eigenvalue weighted by molar-refractivity contribution is 5.89. The third-order valence-corrected chi connectivity index (χ3v) is 3.25. The summed E-state index contributed by atoms with van der Waals surface area (Å²) < 4.78 is 26.9. The molecule has 2 N–H and O–H groups in total. The number of carboxylic acids is 1. The van der Waals surface area contributed by atoms with Gasteiger partial charge in [-0.2, -0.15) is 0 Å². The van der Waals surface area contributed by atoms with Gasteiger partial charge in [0.25, 0.3) is 0 Å². The van der Waals surface area contributed by atoms with Crippen molar-refractivity contribution >= 4 is 11.7 Å². The van der Waals surface area contributed by atoms with Gasteiger partial charge in [0, 0.05) is 12.6 Å². The molecule has 0 aliphatic heterocycles. The highest BCUT2D eigenvalue weighted by Gasteiger charge is 2.15. The molecule has 21 heavy (non-hydrogen) atoms. The van der Waals surface area contributed by atoms with Gasteiger partial charge in [0.15, 0.2) is 0 Å². The van der Waals surface area contributed by atoms with Gasteiger partial charge in [0.05, 0.1) is 11.3 Å². The number of anilines is 1. The topological polar surface area (TPSA) is 49.3 Å². The van der Waals surface area contributed by atoms with Crippen molar-refractivity contribution in [2.24, 2.45) is 0 Å². The summed E-state index contributed by atoms with van der Waals surface area (Å²) in [6.45, 7) is 2.37. The zero-order valence-electron chi connectivity index (χ0n) is 11.4. The van der Waals surface area contributed by atoms with E-state index in [4.69, 9.17) is 5.11 Å². The van der Waals surface area contributed by atoms with Crippen LogP contribution in [0, 0.1) is 11.6 Å². The Hall–Kier alpha value is -2.43. The first kappa shape index (κ1) is 15.0. The lowest BCUT2D eigenvalue weighted by atomic mass is 10.0. The van der Waals surface area contributed by atoms with Crippen LogP contribution in [0.15, 0.2) is 42.5 Å². The van der Waals surface area contributed by atoms with Gasteiger partial charge in [-0.05, 0) is 17.5 Å². The molecular formula is C16H15F2NO2. The van der Waals surface area contributed by atoms with Crippen LogP contribution >= 0.6 is 0 Å². The summed E-state index contributed by atoms with van der Waals surface area (Å²) in [6.07, 6.45) is 0. The summed E-state index contributed by atoms with van der Waals surface area (Å²) in [6, 6.07) is 11.2. The van der Waals surface area contributed by atoms with Crippen molar-refractivity contribution in [3.05, 3.63) is 65.2 Å². The van der Waals surface area contributed by atoms with Crippen LogP contribution in [0.1, 0.15) is 28.8 Å². The van der Waals surface area contributed by atoms with Crippen molar-refractivity contribution < 1.29 is 18.7 Å². The number of hydrogen-bond acceptors (Lipinski definition) is 2. The quantitative estimate of drug-likeness (QED) is 0.879. The number of benzene rings is 2. The molecule has 0 aliphatic carbocycles. The molecule has 0 aromatic heterocycles. The molecule has 3 nitrogen and oxygen atoms in total. The van der Waals surface area contributed by atoms with Crippen molar-refractivity contribution in [3.63, 3.8) is 0 Å². The molecule has 0 radical (unpaired) electrons. The predicted molar refractivity (Wildman–Crippen MR) is 76.7 cm³/mol. The average molecular weight is 291 g/mol. The number of aromatic carboxylic acids is 1. The lowest BCUT2D eigenvalue weighted by molar-refractivity contribution is 0.0692. The van der Waals surface area contributed by atoms with Crippen LogP contribution in [0.3, 0.4) is 0 Å². The Morgan fingerprint density at radius 2 is 1.86 bits per heavy atom. The van der Waals surface area contributed by atoms with Gasteiger partial charge in [-0.15, -0.1) is 0 Å². The smallest absolute Gasteiger partial charge is 0.338 e. The molecule has 0 saturated heterocycles. The molecule has 2 aromatic rings. The summed E-state index contributed by atoms with van der Waals surface area (Å²) in [4.78, 5) is 10.9. The van der Waals surface area contributed by atoms with Crippen molar-refractivity contribution in [1.82, 2.24) is 0 Å². The van der Waals surface area contributed by atoms with Gasteiger partial charge in [0.1, 0.15) is 11.6 Å². The van der Waals surface area contributed by atoms with Crippen LogP contribution in [-0.2, 0) is 0 Å². The van der Waals surface area contributed by atoms with Gasteiger partial charge in [0.2, 0.25) is 0 Å². The Balaban J connectivity index is 2.13. The van der Waals surface area contributed by atoms with E-state index in [9.17, 15) is 13.6 Å². The average Bonchev–Trinajstić information content (AvgIpc) is 2.46. The molecule has 2 aromatic carbocycles. The number of hydrogen-bond donors (Lipinski definition) is 2. The minimum atomic E-state index is -1.42. The zero-order valence-corrected chi connectivity index (χ0v) is 11.4. The Labute approximate surface area is 121 Å². The Morgan fingerprint density at radius 3 is 2.48 bits per heavy atom. The Kier molecular flexibility index (Phi) is 4.52. The molecule has 0 fully saturated rings. The van der Waals surface area contributed by atoms with E-state index in [1.165, 1.54) is 0 Å². The number of carbonyl (C=O) groups is 1. The summed E-state index contributed by atoms with van der Waals surface area (Å²) >= 11 is 0. The lowest BCUT2D eigenvalue weighted by Gasteiger charge is -2.15. The zero-order chi connectivity index (χ0) is 15.4. The SMILES string of the molecule is CC(CNc1cc(C(=O)O)c(F)cc1F)c1ccccc1. The summed E-state index contributed by atoms with van der Waals surface area (Å²) in [5.74, 6) is -3.21. The van der Waals surface area contributed by atoms with E-state index in [1.54, 1.807) is 0 Å². The highest BCUT2D eigenvalue weighted by Crippen LogP contribution is 2.21. The van der Waals surface area contributed by atoms with Gasteiger partial charge in [-0.25, -0.2) is 13.6 Å². The number of nitrogens with one attached hydrogen (secondary N) is 1. The van der Waals surface area contributed by atoms with Gasteiger partial charge >= 0.3 is 5.97 Å². The van der Waals surface area contributed by atoms with Crippen LogP contribution in [-0.4, -0.2) is 17.6 Å². The lowest BCUT2D eigenvalue weighted by Crippen LogP contribution is -2.12. The molecule has 2 rings (SSSR count). The van der Waals surface area contributed by atoms with Crippen LogP contribution in [0.5, 0.6) is 0 Å². The molecule has 5 heteroatoms. The molecule has 0 bridgehead atoms. The summed E-state index contributed by atoms with van der Waals surface area (Å²) in [5.41, 5.74) is 0.508. The molecule has 1 atom stereocenters. The fourth-order valence-corrected chi connectivity index (χ4v) is 2.01. The Bertz CT molecular complexity index is 644. The monoisotopic (exact) mass is 291 g/mol. The maximum Gasteiger partial charge on any atom is 0.338 e. The fourth-order valence-electron chi connectivity index (χ4n) is 2.01. The maximum atomic E-state index is 13.7. The minimum Gasteiger partial charge on any atom is -0.478 e. The molecule has 110 valence electrons. The van der Waals surface area contributed by atoms with Crippen molar-refractivity contribution in [1.29, 1.82) is 0 Å². The molecule has 0 aliphatic rings.